The van der Waals surface area contributed by atoms with Gasteiger partial charge in [-0.05, 0) is 6.07 Å². The summed E-state index contributed by atoms with van der Waals surface area (Å²) in [5.41, 5.74) is -2.02. The van der Waals surface area contributed by atoms with E-state index in [0.717, 1.165) is 6.07 Å². The molecule has 10 heteroatoms. The molecule has 1 unspecified atom stereocenters. The molecule has 86 valence electrons. The first kappa shape index (κ1) is 16.2. The molecule has 0 saturated heterocycles. The van der Waals surface area contributed by atoms with Crippen molar-refractivity contribution in [2.24, 2.45) is 0 Å². The van der Waals surface area contributed by atoms with Crippen molar-refractivity contribution in [3.05, 3.63) is 34.4 Å². The van der Waals surface area contributed by atoms with Crippen molar-refractivity contribution in [3.63, 3.8) is 0 Å². The molecule has 0 heterocycles. The summed E-state index contributed by atoms with van der Waals surface area (Å²) in [5, 5.41) is 12.2. The number of benzene rings is 1. The molecule has 2 N–H and O–H groups in total. The number of hydrogen-bond donors (Lipinski definition) is 2. The van der Waals surface area contributed by atoms with Crippen LogP contribution in [0.2, 0.25) is 0 Å². The minimum absolute atomic E-state index is 0. The maximum absolute atomic E-state index is 10.8. The molecule has 8 nitrogen and oxygen atoms in total. The van der Waals surface area contributed by atoms with E-state index in [0.29, 0.717) is 0 Å². The van der Waals surface area contributed by atoms with Crippen molar-refractivity contribution in [3.8, 4) is 0 Å². The zero-order chi connectivity index (χ0) is 12.3. The van der Waals surface area contributed by atoms with Gasteiger partial charge in [0, 0.05) is 17.8 Å². The van der Waals surface area contributed by atoms with Crippen LogP contribution in [0.25, 0.3) is 0 Å². The maximum atomic E-state index is 10.8. The fraction of sp³-hybridized carbons (Fsp3) is 0. The third-order valence-electron chi connectivity index (χ3n) is 1.56. The molecule has 0 aliphatic carbocycles. The number of amides is 1. The largest absolute Gasteiger partial charge is 1.00 e. The molecule has 17 heavy (non-hydrogen) atoms. The molecule has 0 aliphatic heterocycles. The Hall–Kier alpha value is -0.760. The summed E-state index contributed by atoms with van der Waals surface area (Å²) in [6, 6.07) is 4.65. The Kier molecular flexibility index (Phi) is 5.97. The van der Waals surface area contributed by atoms with Gasteiger partial charge in [0.25, 0.3) is 11.3 Å². The van der Waals surface area contributed by atoms with E-state index in [1.54, 1.807) is 0 Å². The zero-order valence-electron chi connectivity index (χ0n) is 8.69. The minimum atomic E-state index is -5.13. The van der Waals surface area contributed by atoms with E-state index in [4.69, 9.17) is 4.89 Å². The molecule has 0 spiro atoms. The molecule has 0 aromatic heterocycles. The Balaban J connectivity index is 0.00000256. The number of nitro groups is 1. The van der Waals surface area contributed by atoms with E-state index in [1.165, 1.54) is 18.2 Å². The van der Waals surface area contributed by atoms with E-state index in [9.17, 15) is 24.4 Å². The van der Waals surface area contributed by atoms with Gasteiger partial charge in [-0.1, -0.05) is 6.07 Å². The molecule has 0 aliphatic rings. The predicted octanol–water partition coefficient (Wildman–Crippen LogP) is -2.32. The molecule has 1 aromatic rings. The van der Waals surface area contributed by atoms with Crippen LogP contribution in [0.5, 0.6) is 0 Å². The van der Waals surface area contributed by atoms with Crippen LogP contribution in [0.4, 0.5) is 16.2 Å². The summed E-state index contributed by atoms with van der Waals surface area (Å²) in [7, 11) is -5.13. The predicted molar refractivity (Wildman–Crippen MR) is 51.9 cm³/mol. The maximum Gasteiger partial charge on any atom is 1.00 e. The van der Waals surface area contributed by atoms with Crippen LogP contribution in [0, 0.1) is 10.1 Å². The number of nitro benzene ring substituents is 1. The fourth-order valence-corrected chi connectivity index (χ4v) is 1.16. The zero-order valence-corrected chi connectivity index (χ0v) is 11.6. The number of hydrogen-bond acceptors (Lipinski definition) is 5. The Morgan fingerprint density at radius 1 is 1.47 bits per heavy atom. The van der Waals surface area contributed by atoms with Gasteiger partial charge in [0.05, 0.1) is 4.92 Å². The van der Waals surface area contributed by atoms with Crippen LogP contribution in [0.1, 0.15) is 0 Å². The smallest absolute Gasteiger partial charge is 0.772 e. The summed E-state index contributed by atoms with van der Waals surface area (Å²) in [5.74, 6) is 0. The molecule has 1 atom stereocenters. The van der Waals surface area contributed by atoms with Gasteiger partial charge in [0.2, 0.25) is 7.60 Å². The van der Waals surface area contributed by atoms with E-state index in [1.807, 2.05) is 5.32 Å². The van der Waals surface area contributed by atoms with Crippen LogP contribution < -0.4 is 39.8 Å². The molecular formula is C7H6N2NaO6P. The van der Waals surface area contributed by atoms with Crippen molar-refractivity contribution >= 4 is 24.6 Å². The molecule has 0 bridgehead atoms. The average Bonchev–Trinajstić information content (AvgIpc) is 2.16. The molecule has 0 saturated carbocycles. The van der Waals surface area contributed by atoms with Gasteiger partial charge < -0.3 is 15.1 Å². The van der Waals surface area contributed by atoms with Gasteiger partial charge in [0.15, 0.2) is 0 Å². The van der Waals surface area contributed by atoms with Gasteiger partial charge in [-0.2, -0.15) is 0 Å². The first-order chi connectivity index (χ1) is 7.30. The number of carbonyl (C=O) groups is 1. The SMILES string of the molecule is O=C(Nc1cccc([N+](=O)[O-])c1)P(=O)([O-])O.[Na+]. The Morgan fingerprint density at radius 2 is 2.06 bits per heavy atom. The van der Waals surface area contributed by atoms with E-state index < -0.39 is 18.2 Å². The second-order valence-electron chi connectivity index (χ2n) is 2.76. The van der Waals surface area contributed by atoms with Crippen LogP contribution in [-0.2, 0) is 4.57 Å². The number of rotatable bonds is 3. The summed E-state index contributed by atoms with van der Waals surface area (Å²) < 4.78 is 10.4. The Labute approximate surface area is 118 Å². The van der Waals surface area contributed by atoms with Crippen LogP contribution in [0.3, 0.4) is 0 Å². The number of anilines is 1. The molecule has 0 fully saturated rings. The number of nitrogens with zero attached hydrogens (tertiary/aromatic N) is 1. The van der Waals surface area contributed by atoms with Gasteiger partial charge in [-0.25, -0.2) is 0 Å². The number of non-ortho nitro benzene ring substituents is 1. The quantitative estimate of drug-likeness (QED) is 0.273. The van der Waals surface area contributed by atoms with Crippen LogP contribution in [0.15, 0.2) is 24.3 Å². The van der Waals surface area contributed by atoms with E-state index in [2.05, 4.69) is 0 Å². The topological polar surface area (TPSA) is 133 Å². The second kappa shape index (κ2) is 6.25. The van der Waals surface area contributed by atoms with E-state index >= 15 is 0 Å². The molecule has 0 radical (unpaired) electrons. The first-order valence-corrected chi connectivity index (χ1v) is 5.48. The third-order valence-corrected chi connectivity index (χ3v) is 2.19. The fourth-order valence-electron chi connectivity index (χ4n) is 0.891. The molecule has 1 amide bonds. The molecular weight excluding hydrogens is 262 g/mol. The van der Waals surface area contributed by atoms with Gasteiger partial charge in [-0.15, -0.1) is 0 Å². The van der Waals surface area contributed by atoms with Crippen molar-refractivity contribution in [2.45, 2.75) is 0 Å². The van der Waals surface area contributed by atoms with Crippen molar-refractivity contribution in [1.82, 2.24) is 0 Å². The van der Waals surface area contributed by atoms with E-state index in [-0.39, 0.29) is 40.9 Å². The average molecular weight is 268 g/mol. The summed E-state index contributed by atoms with van der Waals surface area (Å²) in [6.07, 6.45) is 0. The van der Waals surface area contributed by atoms with Crippen molar-refractivity contribution in [1.29, 1.82) is 0 Å². The summed E-state index contributed by atoms with van der Waals surface area (Å²) >= 11 is 0. The normalized spacial score (nSPS) is 13.1. The standard InChI is InChI=1S/C7H7N2O6P.Na/c10-7(16(13,14)15)8-5-2-1-3-6(4-5)9(11)12;/h1-4H,(H,8,10)(H2,13,14,15);/q;+1/p-1. The van der Waals surface area contributed by atoms with Crippen molar-refractivity contribution in [2.75, 3.05) is 5.32 Å². The Morgan fingerprint density at radius 3 is 2.53 bits per heavy atom. The second-order valence-corrected chi connectivity index (χ2v) is 4.20. The first-order valence-electron chi connectivity index (χ1n) is 3.90. The monoisotopic (exact) mass is 268 g/mol. The van der Waals surface area contributed by atoms with Gasteiger partial charge in [-0.3, -0.25) is 19.5 Å². The van der Waals surface area contributed by atoms with Crippen molar-refractivity contribution < 1.29 is 53.6 Å². The number of carbonyl (C=O) groups excluding carboxylic acids is 1. The van der Waals surface area contributed by atoms with Crippen LogP contribution >= 0.6 is 7.60 Å². The molecule has 1 rings (SSSR count). The number of nitrogens with one attached hydrogen (secondary N) is 1. The third kappa shape index (κ3) is 4.95. The Bertz CT molecular complexity index is 487. The van der Waals surface area contributed by atoms with Gasteiger partial charge >= 0.3 is 29.6 Å². The van der Waals surface area contributed by atoms with Crippen LogP contribution in [-0.4, -0.2) is 15.5 Å². The minimum Gasteiger partial charge on any atom is -0.772 e. The van der Waals surface area contributed by atoms with Gasteiger partial charge in [0.1, 0.15) is 0 Å². The summed E-state index contributed by atoms with van der Waals surface area (Å²) in [4.78, 5) is 39.2. The molecule has 1 aromatic carbocycles. The summed E-state index contributed by atoms with van der Waals surface area (Å²) in [6.45, 7) is 0.